The molecule has 0 spiro atoms. The van der Waals surface area contributed by atoms with Crippen molar-refractivity contribution in [2.45, 2.75) is 64.2 Å². The molecule has 1 unspecified atom stereocenters. The number of aromatic nitrogens is 2. The van der Waals surface area contributed by atoms with E-state index in [4.69, 9.17) is 9.72 Å². The number of nitrogens with one attached hydrogen (secondary N) is 1. The van der Waals surface area contributed by atoms with Gasteiger partial charge < -0.3 is 15.0 Å². The Kier molecular flexibility index (Phi) is 6.26. The Morgan fingerprint density at radius 1 is 1.03 bits per heavy atom. The second-order valence-electron chi connectivity index (χ2n) is 9.90. The van der Waals surface area contributed by atoms with Gasteiger partial charge in [-0.05, 0) is 52.0 Å². The van der Waals surface area contributed by atoms with E-state index in [0.717, 1.165) is 55.1 Å². The van der Waals surface area contributed by atoms with Gasteiger partial charge >= 0.3 is 0 Å². The van der Waals surface area contributed by atoms with Crippen LogP contribution in [0.25, 0.3) is 0 Å². The Hall–Kier alpha value is -2.47. The Balaban J connectivity index is 1.68. The van der Waals surface area contributed by atoms with Crippen molar-refractivity contribution >= 4 is 11.7 Å². The molecular formula is C26H36N4O2. The highest BCUT2D eigenvalue weighted by atomic mass is 16.5. The lowest BCUT2D eigenvalue weighted by molar-refractivity contribution is -0.143. The number of likely N-dealkylation sites (tertiary alicyclic amines) is 1. The van der Waals surface area contributed by atoms with E-state index in [1.165, 1.54) is 11.1 Å². The minimum Gasteiger partial charge on any atom is -0.381 e. The van der Waals surface area contributed by atoms with Gasteiger partial charge in [0.05, 0.1) is 11.1 Å². The molecule has 2 saturated heterocycles. The molecule has 1 atom stereocenters. The van der Waals surface area contributed by atoms with Gasteiger partial charge in [-0.25, -0.2) is 9.97 Å². The molecule has 0 aliphatic carbocycles. The molecular weight excluding hydrogens is 400 g/mol. The summed E-state index contributed by atoms with van der Waals surface area (Å²) in [5.74, 6) is 1.83. The molecule has 1 N–H and O–H groups in total. The molecule has 1 aromatic carbocycles. The zero-order chi connectivity index (χ0) is 22.9. The lowest BCUT2D eigenvalue weighted by atomic mass is 9.71. The second-order valence-corrected chi connectivity index (χ2v) is 9.90. The Morgan fingerprint density at radius 2 is 1.72 bits per heavy atom. The monoisotopic (exact) mass is 436 g/mol. The van der Waals surface area contributed by atoms with Crippen molar-refractivity contribution in [2.24, 2.45) is 0 Å². The van der Waals surface area contributed by atoms with E-state index in [2.05, 4.69) is 54.2 Å². The van der Waals surface area contributed by atoms with Gasteiger partial charge in [0.15, 0.2) is 0 Å². The van der Waals surface area contributed by atoms with E-state index in [1.54, 1.807) is 0 Å². The summed E-state index contributed by atoms with van der Waals surface area (Å²) in [7, 11) is 1.88. The van der Waals surface area contributed by atoms with Crippen LogP contribution in [0.15, 0.2) is 24.3 Å². The maximum atomic E-state index is 14.2. The minimum absolute atomic E-state index is 0.192. The minimum atomic E-state index is -0.509. The summed E-state index contributed by atoms with van der Waals surface area (Å²) in [6.07, 6.45) is 3.45. The maximum Gasteiger partial charge on any atom is 0.233 e. The number of benzene rings is 1. The number of carbonyl (C=O) groups is 1. The van der Waals surface area contributed by atoms with E-state index in [9.17, 15) is 4.79 Å². The molecule has 3 heterocycles. The molecule has 2 aliphatic rings. The van der Waals surface area contributed by atoms with Crippen LogP contribution in [0.3, 0.4) is 0 Å². The smallest absolute Gasteiger partial charge is 0.233 e. The van der Waals surface area contributed by atoms with Crippen molar-refractivity contribution in [3.63, 3.8) is 0 Å². The molecule has 2 fully saturated rings. The zero-order valence-electron chi connectivity index (χ0n) is 20.1. The fourth-order valence-electron chi connectivity index (χ4n) is 5.53. The van der Waals surface area contributed by atoms with Crippen molar-refractivity contribution in [3.05, 3.63) is 52.5 Å². The third kappa shape index (κ3) is 4.25. The van der Waals surface area contributed by atoms with E-state index in [0.29, 0.717) is 19.8 Å². The summed E-state index contributed by atoms with van der Waals surface area (Å²) in [4.78, 5) is 25.6. The normalized spacial score (nSPS) is 23.1. The van der Waals surface area contributed by atoms with Crippen LogP contribution < -0.4 is 5.32 Å². The number of aryl methyl sites for hydroxylation is 3. The number of amides is 1. The van der Waals surface area contributed by atoms with Crippen LogP contribution in [0.2, 0.25) is 0 Å². The number of carbonyl (C=O) groups excluding carboxylic acids is 1. The first kappa shape index (κ1) is 22.7. The topological polar surface area (TPSA) is 67.4 Å². The molecule has 172 valence electrons. The van der Waals surface area contributed by atoms with Crippen molar-refractivity contribution in [1.82, 2.24) is 14.9 Å². The molecule has 4 rings (SSSR count). The molecule has 0 radical (unpaired) electrons. The average molecular weight is 437 g/mol. The first-order chi connectivity index (χ1) is 15.3. The lowest BCUT2D eigenvalue weighted by Gasteiger charge is -2.46. The molecule has 0 bridgehead atoms. The van der Waals surface area contributed by atoms with Gasteiger partial charge in [-0.1, -0.05) is 36.2 Å². The molecule has 2 aliphatic heterocycles. The molecule has 0 saturated carbocycles. The Labute approximate surface area is 191 Å². The van der Waals surface area contributed by atoms with E-state index < -0.39 is 5.41 Å². The number of nitrogens with zero attached hydrogens (tertiary/aromatic N) is 3. The zero-order valence-corrected chi connectivity index (χ0v) is 20.1. The first-order valence-electron chi connectivity index (χ1n) is 11.8. The fraction of sp³-hybridized carbons (Fsp3) is 0.577. The number of piperidine rings is 1. The van der Waals surface area contributed by atoms with Gasteiger partial charge in [0.2, 0.25) is 5.91 Å². The summed E-state index contributed by atoms with van der Waals surface area (Å²) >= 11 is 0. The fourth-order valence-corrected chi connectivity index (χ4v) is 5.53. The molecule has 6 nitrogen and oxygen atoms in total. The summed E-state index contributed by atoms with van der Waals surface area (Å²) in [5, 5.41) is 3.14. The van der Waals surface area contributed by atoms with Crippen LogP contribution in [0.4, 0.5) is 5.82 Å². The quantitative estimate of drug-likeness (QED) is 0.783. The van der Waals surface area contributed by atoms with Crippen LogP contribution in [-0.4, -0.2) is 54.1 Å². The predicted octanol–water partition coefficient (Wildman–Crippen LogP) is 4.07. The summed E-state index contributed by atoms with van der Waals surface area (Å²) in [6, 6.07) is 8.61. The average Bonchev–Trinajstić information content (AvgIpc) is 2.78. The van der Waals surface area contributed by atoms with Gasteiger partial charge in [0.1, 0.15) is 11.6 Å². The molecule has 32 heavy (non-hydrogen) atoms. The van der Waals surface area contributed by atoms with Gasteiger partial charge in [-0.3, -0.25) is 4.79 Å². The number of ether oxygens (including phenoxy) is 1. The highest BCUT2D eigenvalue weighted by molar-refractivity contribution is 5.89. The van der Waals surface area contributed by atoms with Crippen LogP contribution in [0, 0.1) is 20.8 Å². The van der Waals surface area contributed by atoms with Gasteiger partial charge in [-0.2, -0.15) is 0 Å². The third-order valence-electron chi connectivity index (χ3n) is 7.23. The molecule has 2 aromatic rings. The van der Waals surface area contributed by atoms with Crippen molar-refractivity contribution < 1.29 is 9.53 Å². The highest BCUT2D eigenvalue weighted by Gasteiger charge is 2.47. The van der Waals surface area contributed by atoms with E-state index >= 15 is 0 Å². The van der Waals surface area contributed by atoms with E-state index in [-0.39, 0.29) is 11.3 Å². The highest BCUT2D eigenvalue weighted by Crippen LogP contribution is 2.41. The second kappa shape index (κ2) is 8.81. The van der Waals surface area contributed by atoms with Crippen LogP contribution in [0.5, 0.6) is 0 Å². The first-order valence-corrected chi connectivity index (χ1v) is 11.8. The third-order valence-corrected chi connectivity index (χ3v) is 7.23. The number of hydrogen-bond donors (Lipinski definition) is 1. The van der Waals surface area contributed by atoms with Gasteiger partial charge in [0, 0.05) is 44.8 Å². The van der Waals surface area contributed by atoms with Crippen LogP contribution >= 0.6 is 0 Å². The number of anilines is 1. The van der Waals surface area contributed by atoms with Crippen molar-refractivity contribution in [3.8, 4) is 0 Å². The van der Waals surface area contributed by atoms with Gasteiger partial charge in [-0.15, -0.1) is 0 Å². The molecule has 1 amide bonds. The van der Waals surface area contributed by atoms with E-state index in [1.807, 2.05) is 20.0 Å². The Bertz CT molecular complexity index is 979. The van der Waals surface area contributed by atoms with Crippen molar-refractivity contribution in [2.75, 3.05) is 38.7 Å². The summed E-state index contributed by atoms with van der Waals surface area (Å²) in [5.41, 5.74) is 3.87. The Morgan fingerprint density at radius 3 is 2.38 bits per heavy atom. The number of hydrogen-bond acceptors (Lipinski definition) is 5. The maximum absolute atomic E-state index is 14.2. The summed E-state index contributed by atoms with van der Waals surface area (Å²) < 4.78 is 5.70. The predicted molar refractivity (Wildman–Crippen MR) is 127 cm³/mol. The van der Waals surface area contributed by atoms with Crippen LogP contribution in [-0.2, 0) is 20.4 Å². The SMILES string of the molecule is CNc1cc(C2(C)CCCN(C(=O)C3(c4cc(C)cc(C)c4)CCOCC3)C2)nc(C)n1. The van der Waals surface area contributed by atoms with Crippen molar-refractivity contribution in [1.29, 1.82) is 0 Å². The standard InChI is InChI=1S/C26H36N4O2/c1-18-13-19(2)15-21(14-18)26(8-11-32-12-9-26)24(31)30-10-6-7-25(4,17-30)22-16-23(27-5)29-20(3)28-22/h13-16H,6-12,17H2,1-5H3,(H,27,28,29). The van der Waals surface area contributed by atoms with Gasteiger partial charge in [0.25, 0.3) is 0 Å². The van der Waals surface area contributed by atoms with Crippen LogP contribution in [0.1, 0.15) is 60.8 Å². The molecule has 1 aromatic heterocycles. The summed E-state index contributed by atoms with van der Waals surface area (Å²) in [6.45, 7) is 11.1. The largest absolute Gasteiger partial charge is 0.381 e. The number of rotatable bonds is 4. The molecule has 6 heteroatoms. The lowest BCUT2D eigenvalue weighted by Crippen LogP contribution is -2.55.